The van der Waals surface area contributed by atoms with E-state index in [0.29, 0.717) is 40.9 Å². The lowest BCUT2D eigenvalue weighted by Gasteiger charge is -2.35. The van der Waals surface area contributed by atoms with Crippen LogP contribution in [0.2, 0.25) is 5.02 Å². The van der Waals surface area contributed by atoms with Gasteiger partial charge in [-0.2, -0.15) is 5.10 Å². The van der Waals surface area contributed by atoms with E-state index >= 15 is 0 Å². The lowest BCUT2D eigenvalue weighted by atomic mass is 9.93. The van der Waals surface area contributed by atoms with E-state index in [1.807, 2.05) is 36.5 Å². The summed E-state index contributed by atoms with van der Waals surface area (Å²) in [5, 5.41) is 7.99. The molecule has 10 heteroatoms. The molecule has 0 atom stereocenters. The first-order chi connectivity index (χ1) is 16.7. The fourth-order valence-corrected chi connectivity index (χ4v) is 4.33. The molecule has 0 unspecified atom stereocenters. The maximum absolute atomic E-state index is 12.5. The van der Waals surface area contributed by atoms with E-state index in [1.54, 1.807) is 30.5 Å². The topological polar surface area (TPSA) is 102 Å². The number of likely N-dealkylation sites (tertiary alicyclic amines) is 1. The number of amides is 1. The maximum Gasteiger partial charge on any atom is 0.338 e. The number of hydrogen-bond acceptors (Lipinski definition) is 7. The Morgan fingerprint density at radius 3 is 2.54 bits per heavy atom. The molecule has 0 radical (unpaired) electrons. The quantitative estimate of drug-likeness (QED) is 0.509. The predicted molar refractivity (Wildman–Crippen MR) is 134 cm³/mol. The van der Waals surface area contributed by atoms with Crippen molar-refractivity contribution in [2.45, 2.75) is 39.7 Å². The Bertz CT molecular complexity index is 1230. The summed E-state index contributed by atoms with van der Waals surface area (Å²) < 4.78 is 6.81. The van der Waals surface area contributed by atoms with E-state index < -0.39 is 5.97 Å². The number of halogens is 1. The summed E-state index contributed by atoms with van der Waals surface area (Å²) in [5.74, 6) is 0.0405. The second-order valence-electron chi connectivity index (χ2n) is 9.53. The molecule has 3 aromatic rings. The average Bonchev–Trinajstić information content (AvgIpc) is 3.32. The second-order valence-corrected chi connectivity index (χ2v) is 9.94. The van der Waals surface area contributed by atoms with E-state index in [4.69, 9.17) is 16.3 Å². The Hall–Kier alpha value is -3.46. The van der Waals surface area contributed by atoms with Gasteiger partial charge in [0.1, 0.15) is 0 Å². The number of benzene rings is 1. The first-order valence-corrected chi connectivity index (χ1v) is 11.9. The van der Waals surface area contributed by atoms with Gasteiger partial charge in [0.15, 0.2) is 0 Å². The number of nitrogens with zero attached hydrogens (tertiary/aromatic N) is 5. The normalized spacial score (nSPS) is 14.6. The molecule has 4 rings (SSSR count). The van der Waals surface area contributed by atoms with E-state index in [2.05, 4.69) is 20.4 Å². The molecular weight excluding hydrogens is 468 g/mol. The van der Waals surface area contributed by atoms with Crippen LogP contribution in [0.25, 0.3) is 11.3 Å². The summed E-state index contributed by atoms with van der Waals surface area (Å²) >= 11 is 6.37. The van der Waals surface area contributed by atoms with Crippen LogP contribution in [0.1, 0.15) is 50.0 Å². The van der Waals surface area contributed by atoms with Gasteiger partial charge in [0.2, 0.25) is 11.9 Å². The van der Waals surface area contributed by atoms with E-state index in [1.165, 1.54) is 13.3 Å². The summed E-state index contributed by atoms with van der Waals surface area (Å²) in [6.45, 7) is 7.28. The van der Waals surface area contributed by atoms with Gasteiger partial charge >= 0.3 is 5.97 Å². The number of piperidine rings is 1. The minimum atomic E-state index is -0.471. The van der Waals surface area contributed by atoms with Crippen molar-refractivity contribution in [2.75, 3.05) is 25.5 Å². The van der Waals surface area contributed by atoms with Gasteiger partial charge in [-0.1, -0.05) is 50.6 Å². The number of methoxy groups -OCH3 is 1. The zero-order valence-corrected chi connectivity index (χ0v) is 21.0. The molecule has 9 nitrogen and oxygen atoms in total. The van der Waals surface area contributed by atoms with Gasteiger partial charge in [-0.3, -0.25) is 9.48 Å². The molecule has 3 heterocycles. The zero-order chi connectivity index (χ0) is 25.2. The summed E-state index contributed by atoms with van der Waals surface area (Å²) in [6, 6.07) is 7.19. The van der Waals surface area contributed by atoms with Crippen molar-refractivity contribution in [3.05, 3.63) is 53.4 Å². The van der Waals surface area contributed by atoms with Crippen molar-refractivity contribution in [1.82, 2.24) is 24.6 Å². The largest absolute Gasteiger partial charge is 0.465 e. The molecule has 1 saturated heterocycles. The van der Waals surface area contributed by atoms with Crippen LogP contribution in [0, 0.1) is 5.41 Å². The molecule has 1 aliphatic rings. The smallest absolute Gasteiger partial charge is 0.338 e. The maximum atomic E-state index is 12.5. The molecule has 2 aromatic heterocycles. The summed E-state index contributed by atoms with van der Waals surface area (Å²) in [4.78, 5) is 35.5. The van der Waals surface area contributed by atoms with Crippen LogP contribution in [0.15, 0.2) is 42.9 Å². The third-order valence-electron chi connectivity index (χ3n) is 5.96. The number of carbonyl (C=O) groups excluding carboxylic acids is 2. The first-order valence-electron chi connectivity index (χ1n) is 11.5. The molecule has 0 spiro atoms. The minimum Gasteiger partial charge on any atom is -0.465 e. The summed E-state index contributed by atoms with van der Waals surface area (Å²) in [7, 11) is 1.33. The Kier molecular flexibility index (Phi) is 7.07. The summed E-state index contributed by atoms with van der Waals surface area (Å²) in [6.07, 6.45) is 6.80. The average molecular weight is 497 g/mol. The first kappa shape index (κ1) is 24.7. The van der Waals surface area contributed by atoms with E-state index in [0.717, 1.165) is 18.5 Å². The molecule has 1 amide bonds. The Morgan fingerprint density at radius 2 is 1.86 bits per heavy atom. The highest BCUT2D eigenvalue weighted by molar-refractivity contribution is 6.33. The molecular formula is C25H29ClN6O3. The molecule has 1 aliphatic heterocycles. The van der Waals surface area contributed by atoms with Crippen LogP contribution in [0.4, 0.5) is 11.6 Å². The highest BCUT2D eigenvalue weighted by Gasteiger charge is 2.31. The Morgan fingerprint density at radius 1 is 1.14 bits per heavy atom. The van der Waals surface area contributed by atoms with Crippen molar-refractivity contribution in [1.29, 1.82) is 0 Å². The van der Waals surface area contributed by atoms with Gasteiger partial charge in [-0.15, -0.1) is 0 Å². The molecule has 1 N–H and O–H groups in total. The molecule has 0 saturated carbocycles. The molecule has 35 heavy (non-hydrogen) atoms. The van der Waals surface area contributed by atoms with Crippen LogP contribution in [0.3, 0.4) is 0 Å². The standard InChI is InChI=1S/C25H29ClN6O3/c1-25(2,3)23(34)31-11-9-17(10-12-31)32-15-16(13-28-32)29-24-27-14-20(26)21(30-24)18-7-5-6-8-19(18)22(33)35-4/h5-8,13-15,17H,9-12H2,1-4H3,(H,27,29,30). The number of ether oxygens (including phenoxy) is 1. The molecule has 0 aliphatic carbocycles. The van der Waals surface area contributed by atoms with Crippen molar-refractivity contribution in [3.8, 4) is 11.3 Å². The van der Waals surface area contributed by atoms with Crippen LogP contribution < -0.4 is 5.32 Å². The lowest BCUT2D eigenvalue weighted by Crippen LogP contribution is -2.44. The van der Waals surface area contributed by atoms with Crippen molar-refractivity contribution < 1.29 is 14.3 Å². The molecule has 1 aromatic carbocycles. The van der Waals surface area contributed by atoms with Gasteiger partial charge in [-0.05, 0) is 18.9 Å². The molecule has 184 valence electrons. The number of esters is 1. The van der Waals surface area contributed by atoms with Gasteiger partial charge < -0.3 is 15.0 Å². The van der Waals surface area contributed by atoms with Gasteiger partial charge in [0.05, 0.1) is 47.5 Å². The summed E-state index contributed by atoms with van der Waals surface area (Å²) in [5.41, 5.74) is 1.71. The van der Waals surface area contributed by atoms with Crippen LogP contribution >= 0.6 is 11.6 Å². The monoisotopic (exact) mass is 496 g/mol. The van der Waals surface area contributed by atoms with Crippen LogP contribution in [0.5, 0.6) is 0 Å². The number of nitrogens with one attached hydrogen (secondary N) is 1. The van der Waals surface area contributed by atoms with E-state index in [9.17, 15) is 9.59 Å². The number of aromatic nitrogens is 4. The third kappa shape index (κ3) is 5.45. The minimum absolute atomic E-state index is 0.184. The van der Waals surface area contributed by atoms with Crippen molar-refractivity contribution in [3.63, 3.8) is 0 Å². The number of hydrogen-bond donors (Lipinski definition) is 1. The van der Waals surface area contributed by atoms with Gasteiger partial charge in [-0.25, -0.2) is 14.8 Å². The highest BCUT2D eigenvalue weighted by atomic mass is 35.5. The van der Waals surface area contributed by atoms with Crippen LogP contribution in [-0.4, -0.2) is 56.7 Å². The number of rotatable bonds is 5. The molecule has 0 bridgehead atoms. The van der Waals surface area contributed by atoms with Crippen molar-refractivity contribution in [2.24, 2.45) is 5.41 Å². The SMILES string of the molecule is COC(=O)c1ccccc1-c1nc(Nc2cnn(C3CCN(C(=O)C(C)(C)C)CC3)c2)ncc1Cl. The second kappa shape index (κ2) is 10.0. The van der Waals surface area contributed by atoms with E-state index in [-0.39, 0.29) is 17.4 Å². The number of carbonyl (C=O) groups is 2. The van der Waals surface area contributed by atoms with Gasteiger partial charge in [0, 0.05) is 30.3 Å². The molecule has 1 fully saturated rings. The predicted octanol–water partition coefficient (Wildman–Crippen LogP) is 4.73. The number of anilines is 2. The Labute approximate surface area is 209 Å². The highest BCUT2D eigenvalue weighted by Crippen LogP contribution is 2.31. The fourth-order valence-electron chi connectivity index (χ4n) is 4.13. The lowest BCUT2D eigenvalue weighted by molar-refractivity contribution is -0.140. The third-order valence-corrected chi connectivity index (χ3v) is 6.23. The fraction of sp³-hybridized carbons (Fsp3) is 0.400. The van der Waals surface area contributed by atoms with Gasteiger partial charge in [0.25, 0.3) is 0 Å². The van der Waals surface area contributed by atoms with Crippen molar-refractivity contribution >= 4 is 35.1 Å². The zero-order valence-electron chi connectivity index (χ0n) is 20.3. The Balaban J connectivity index is 1.48. The van der Waals surface area contributed by atoms with Crippen LogP contribution in [-0.2, 0) is 9.53 Å².